The summed E-state index contributed by atoms with van der Waals surface area (Å²) in [5.74, 6) is 1.85. The first-order valence-corrected chi connectivity index (χ1v) is 19.0. The third-order valence-corrected chi connectivity index (χ3v) is 11.5. The second-order valence-electron chi connectivity index (χ2n) is 14.6. The molecule has 0 bridgehead atoms. The summed E-state index contributed by atoms with van der Waals surface area (Å²) < 4.78 is 0. The summed E-state index contributed by atoms with van der Waals surface area (Å²) in [5.41, 5.74) is 17.6. The first-order chi connectivity index (χ1) is 27.8. The largest absolute Gasteiger partial charge is 0.265 e. The zero-order chi connectivity index (χ0) is 36.7. The first kappa shape index (κ1) is 30.9. The maximum Gasteiger partial charge on any atom is 0.164 e. The molecule has 0 aliphatic heterocycles. The molecule has 10 aromatic rings. The van der Waals surface area contributed by atoms with E-state index in [-0.39, 0.29) is 0 Å². The van der Waals surface area contributed by atoms with Gasteiger partial charge in [0.1, 0.15) is 0 Å². The smallest absolute Gasteiger partial charge is 0.164 e. The zero-order valence-corrected chi connectivity index (χ0v) is 30.1. The highest BCUT2D eigenvalue weighted by Crippen LogP contribution is 2.51. The number of aromatic nitrogens is 4. The van der Waals surface area contributed by atoms with Gasteiger partial charge in [0.2, 0.25) is 0 Å². The average molecular weight is 711 g/mol. The highest BCUT2D eigenvalue weighted by atomic mass is 15.0. The highest BCUT2D eigenvalue weighted by molar-refractivity contribution is 6.20. The molecule has 0 saturated carbocycles. The summed E-state index contributed by atoms with van der Waals surface area (Å²) in [5, 5.41) is 5.06. The molecule has 4 nitrogen and oxygen atoms in total. The van der Waals surface area contributed by atoms with Crippen LogP contribution in [0.15, 0.2) is 182 Å². The van der Waals surface area contributed by atoms with Crippen molar-refractivity contribution in [3.05, 3.63) is 182 Å². The summed E-state index contributed by atoms with van der Waals surface area (Å²) in [6.07, 6.45) is 3.56. The van der Waals surface area contributed by atoms with E-state index in [1.807, 2.05) is 42.5 Å². The summed E-state index contributed by atoms with van der Waals surface area (Å²) in [4.78, 5) is 19.6. The molecule has 0 saturated heterocycles. The quantitative estimate of drug-likeness (QED) is 0.178. The van der Waals surface area contributed by atoms with E-state index >= 15 is 0 Å². The second kappa shape index (κ2) is 12.0. The van der Waals surface area contributed by atoms with Gasteiger partial charge in [0.05, 0.1) is 0 Å². The number of benzene rings is 8. The zero-order valence-electron chi connectivity index (χ0n) is 30.1. The molecule has 258 valence electrons. The molecule has 0 spiro atoms. The number of nitrogens with zero attached hydrogens (tertiary/aromatic N) is 4. The minimum absolute atomic E-state index is 0.606. The van der Waals surface area contributed by atoms with Crippen LogP contribution in [-0.2, 0) is 0 Å². The van der Waals surface area contributed by atoms with Gasteiger partial charge in [-0.15, -0.1) is 0 Å². The van der Waals surface area contributed by atoms with Gasteiger partial charge in [-0.1, -0.05) is 140 Å². The number of hydrogen-bond acceptors (Lipinski definition) is 4. The van der Waals surface area contributed by atoms with E-state index in [4.69, 9.17) is 15.0 Å². The van der Waals surface area contributed by atoms with Gasteiger partial charge in [-0.05, 0) is 119 Å². The van der Waals surface area contributed by atoms with E-state index in [9.17, 15) is 0 Å². The van der Waals surface area contributed by atoms with Crippen LogP contribution in [0.1, 0.15) is 0 Å². The molecule has 0 fully saturated rings. The third kappa shape index (κ3) is 4.60. The lowest BCUT2D eigenvalue weighted by molar-refractivity contribution is 1.07. The molecule has 56 heavy (non-hydrogen) atoms. The molecule has 2 aromatic heterocycles. The lowest BCUT2D eigenvalue weighted by Crippen LogP contribution is -2.00. The molecular weight excluding hydrogens is 681 g/mol. The van der Waals surface area contributed by atoms with E-state index in [1.54, 1.807) is 12.4 Å². The molecule has 2 aliphatic rings. The maximum atomic E-state index is 5.19. The van der Waals surface area contributed by atoms with Crippen molar-refractivity contribution in [3.8, 4) is 101 Å². The van der Waals surface area contributed by atoms with Gasteiger partial charge < -0.3 is 0 Å². The van der Waals surface area contributed by atoms with Crippen molar-refractivity contribution in [2.45, 2.75) is 0 Å². The highest BCUT2D eigenvalue weighted by Gasteiger charge is 2.25. The topological polar surface area (TPSA) is 51.6 Å². The second-order valence-corrected chi connectivity index (χ2v) is 14.6. The van der Waals surface area contributed by atoms with E-state index in [0.29, 0.717) is 17.5 Å². The summed E-state index contributed by atoms with van der Waals surface area (Å²) in [6.45, 7) is 0. The van der Waals surface area contributed by atoms with E-state index in [1.165, 1.54) is 77.2 Å². The van der Waals surface area contributed by atoms with Crippen molar-refractivity contribution >= 4 is 21.5 Å². The van der Waals surface area contributed by atoms with Gasteiger partial charge in [-0.2, -0.15) is 0 Å². The van der Waals surface area contributed by atoms with Crippen LogP contribution in [0.2, 0.25) is 0 Å². The molecule has 2 aliphatic carbocycles. The monoisotopic (exact) mass is 710 g/mol. The van der Waals surface area contributed by atoms with Gasteiger partial charge in [-0.25, -0.2) is 15.0 Å². The minimum Gasteiger partial charge on any atom is -0.265 e. The minimum atomic E-state index is 0.606. The van der Waals surface area contributed by atoms with Crippen LogP contribution in [0, 0.1) is 0 Å². The fraction of sp³-hybridized carbons (Fsp3) is 0. The number of fused-ring (bicyclic) bond motifs is 6. The van der Waals surface area contributed by atoms with Crippen molar-refractivity contribution in [3.63, 3.8) is 0 Å². The Labute approximate surface area is 323 Å². The summed E-state index contributed by atoms with van der Waals surface area (Å²) >= 11 is 0. The van der Waals surface area contributed by atoms with Crippen LogP contribution in [-0.4, -0.2) is 19.9 Å². The SMILES string of the molecule is c1ccc(-c2nc(-c3ccncc3)nc(-c3cc(-c4ccc5c6c(cccc46)-c4ccccc4-5)cc(-c4ccc5c6c(cccc46)-c4ccccc4-5)c3)n2)cc1. The van der Waals surface area contributed by atoms with Gasteiger partial charge >= 0.3 is 0 Å². The summed E-state index contributed by atoms with van der Waals surface area (Å²) in [6, 6.07) is 61.0. The Bertz CT molecular complexity index is 2970. The van der Waals surface area contributed by atoms with Crippen LogP contribution < -0.4 is 0 Å². The molecule has 0 N–H and O–H groups in total. The maximum absolute atomic E-state index is 5.19. The Balaban J connectivity index is 1.13. The molecular formula is C52H30N4. The molecule has 0 atom stereocenters. The van der Waals surface area contributed by atoms with Crippen molar-refractivity contribution in [2.24, 2.45) is 0 Å². The van der Waals surface area contributed by atoms with Gasteiger partial charge in [0, 0.05) is 29.1 Å². The lowest BCUT2D eigenvalue weighted by Gasteiger charge is -2.16. The predicted molar refractivity (Wildman–Crippen MR) is 229 cm³/mol. The number of hydrogen-bond donors (Lipinski definition) is 0. The average Bonchev–Trinajstić information content (AvgIpc) is 3.78. The lowest BCUT2D eigenvalue weighted by atomic mass is 9.89. The molecule has 0 unspecified atom stereocenters. The predicted octanol–water partition coefficient (Wildman–Crippen LogP) is 13.2. The fourth-order valence-corrected chi connectivity index (χ4v) is 9.04. The Kier molecular flexibility index (Phi) is 6.60. The summed E-state index contributed by atoms with van der Waals surface area (Å²) in [7, 11) is 0. The van der Waals surface area contributed by atoms with Gasteiger partial charge in [0.15, 0.2) is 17.5 Å². The molecule has 0 amide bonds. The van der Waals surface area contributed by atoms with Crippen molar-refractivity contribution in [1.29, 1.82) is 0 Å². The van der Waals surface area contributed by atoms with E-state index in [2.05, 4.69) is 132 Å². The van der Waals surface area contributed by atoms with Crippen LogP contribution in [0.3, 0.4) is 0 Å². The molecule has 0 radical (unpaired) electrons. The Morgan fingerprint density at radius 1 is 0.250 bits per heavy atom. The standard InChI is InChI=1S/C52H30N4/c1-2-10-31(11-3-1)50-54-51(32-24-26-53-27-25-32)56-52(55-50)35-29-33(36-20-22-46-40-14-6-4-12-38(40)44-18-8-16-42(36)48(44)46)28-34(30-35)37-21-23-47-41-15-7-5-13-39(41)45-19-9-17-43(37)49(45)47/h1-30H. The first-order valence-electron chi connectivity index (χ1n) is 19.0. The normalized spacial score (nSPS) is 11.9. The molecule has 8 aromatic carbocycles. The number of pyridine rings is 1. The van der Waals surface area contributed by atoms with E-state index < -0.39 is 0 Å². The third-order valence-electron chi connectivity index (χ3n) is 11.5. The van der Waals surface area contributed by atoms with Crippen molar-refractivity contribution < 1.29 is 0 Å². The van der Waals surface area contributed by atoms with Crippen molar-refractivity contribution in [1.82, 2.24) is 19.9 Å². The molecule has 12 rings (SSSR count). The van der Waals surface area contributed by atoms with Crippen LogP contribution >= 0.6 is 0 Å². The number of rotatable bonds is 5. The molecule has 4 heteroatoms. The van der Waals surface area contributed by atoms with Crippen molar-refractivity contribution in [2.75, 3.05) is 0 Å². The molecule has 2 heterocycles. The Morgan fingerprint density at radius 3 is 1.12 bits per heavy atom. The Hall–Kier alpha value is -7.56. The van der Waals surface area contributed by atoms with Gasteiger partial charge in [0.25, 0.3) is 0 Å². The fourth-order valence-electron chi connectivity index (χ4n) is 9.04. The van der Waals surface area contributed by atoms with Gasteiger partial charge in [-0.3, -0.25) is 4.98 Å². The Morgan fingerprint density at radius 2 is 0.625 bits per heavy atom. The van der Waals surface area contributed by atoms with E-state index in [0.717, 1.165) is 27.8 Å². The van der Waals surface area contributed by atoms with Crippen LogP contribution in [0.25, 0.3) is 122 Å². The van der Waals surface area contributed by atoms with Crippen LogP contribution in [0.5, 0.6) is 0 Å². The van der Waals surface area contributed by atoms with Crippen LogP contribution in [0.4, 0.5) is 0 Å².